The quantitative estimate of drug-likeness (QED) is 0.779. The number of aromatic nitrogens is 1. The molecule has 1 heterocycles. The summed E-state index contributed by atoms with van der Waals surface area (Å²) in [5.74, 6) is 0. The minimum Gasteiger partial charge on any atom is -0.398 e. The van der Waals surface area contributed by atoms with Crippen LogP contribution in [0.5, 0.6) is 0 Å². The molecule has 0 aliphatic carbocycles. The summed E-state index contributed by atoms with van der Waals surface area (Å²) in [6, 6.07) is 9.80. The summed E-state index contributed by atoms with van der Waals surface area (Å²) in [5.41, 5.74) is 8.52. The summed E-state index contributed by atoms with van der Waals surface area (Å²) in [4.78, 5) is 0. The molecule has 0 amide bonds. The Morgan fingerprint density at radius 1 is 1.24 bits per heavy atom. The van der Waals surface area contributed by atoms with E-state index in [1.165, 1.54) is 0 Å². The SMILES string of the molecule is Cn1cccc1-c1ccc(N)c(C(C)(C)O)c1. The van der Waals surface area contributed by atoms with Gasteiger partial charge in [0.2, 0.25) is 0 Å². The van der Waals surface area contributed by atoms with Gasteiger partial charge in [-0.1, -0.05) is 6.07 Å². The van der Waals surface area contributed by atoms with Crippen LogP contribution in [0.1, 0.15) is 19.4 Å². The zero-order valence-corrected chi connectivity index (χ0v) is 10.4. The molecule has 0 bridgehead atoms. The van der Waals surface area contributed by atoms with Crippen LogP contribution in [-0.4, -0.2) is 9.67 Å². The molecule has 3 nitrogen and oxygen atoms in total. The smallest absolute Gasteiger partial charge is 0.0860 e. The number of anilines is 1. The third kappa shape index (κ3) is 2.19. The molecular weight excluding hydrogens is 212 g/mol. The maximum absolute atomic E-state index is 10.1. The van der Waals surface area contributed by atoms with Gasteiger partial charge in [0, 0.05) is 30.2 Å². The Morgan fingerprint density at radius 2 is 1.94 bits per heavy atom. The van der Waals surface area contributed by atoms with E-state index in [-0.39, 0.29) is 0 Å². The molecule has 0 atom stereocenters. The van der Waals surface area contributed by atoms with E-state index in [2.05, 4.69) is 0 Å². The predicted octanol–water partition coefficient (Wildman–Crippen LogP) is 2.50. The van der Waals surface area contributed by atoms with Gasteiger partial charge in [-0.05, 0) is 43.7 Å². The molecule has 0 saturated heterocycles. The van der Waals surface area contributed by atoms with Crippen molar-refractivity contribution in [3.8, 4) is 11.3 Å². The van der Waals surface area contributed by atoms with Gasteiger partial charge in [-0.15, -0.1) is 0 Å². The molecular formula is C14H18N2O. The molecule has 3 heteroatoms. The molecule has 90 valence electrons. The van der Waals surface area contributed by atoms with Crippen LogP contribution in [0.25, 0.3) is 11.3 Å². The van der Waals surface area contributed by atoms with Gasteiger partial charge in [-0.25, -0.2) is 0 Å². The van der Waals surface area contributed by atoms with Gasteiger partial charge in [0.15, 0.2) is 0 Å². The zero-order valence-electron chi connectivity index (χ0n) is 10.4. The Morgan fingerprint density at radius 3 is 2.47 bits per heavy atom. The standard InChI is InChI=1S/C14H18N2O/c1-14(2,17)11-9-10(6-7-12(11)15)13-5-4-8-16(13)3/h4-9,17H,15H2,1-3H3. The molecule has 1 aromatic carbocycles. The Kier molecular flexibility index (Phi) is 2.71. The summed E-state index contributed by atoms with van der Waals surface area (Å²) in [6.45, 7) is 3.49. The fourth-order valence-electron chi connectivity index (χ4n) is 2.01. The van der Waals surface area contributed by atoms with Crippen molar-refractivity contribution in [2.75, 3.05) is 5.73 Å². The van der Waals surface area contributed by atoms with Gasteiger partial charge in [-0.2, -0.15) is 0 Å². The van der Waals surface area contributed by atoms with E-state index in [0.29, 0.717) is 5.69 Å². The van der Waals surface area contributed by atoms with Crippen LogP contribution in [0.3, 0.4) is 0 Å². The number of benzene rings is 1. The molecule has 1 aromatic heterocycles. The first-order chi connectivity index (χ1) is 7.89. The van der Waals surface area contributed by atoms with Gasteiger partial charge in [0.25, 0.3) is 0 Å². The average molecular weight is 230 g/mol. The number of aryl methyl sites for hydroxylation is 1. The largest absolute Gasteiger partial charge is 0.398 e. The highest BCUT2D eigenvalue weighted by Gasteiger charge is 2.19. The van der Waals surface area contributed by atoms with Gasteiger partial charge in [0.1, 0.15) is 0 Å². The number of nitrogen functional groups attached to an aromatic ring is 1. The lowest BCUT2D eigenvalue weighted by Crippen LogP contribution is -2.17. The lowest BCUT2D eigenvalue weighted by molar-refractivity contribution is 0.0794. The second kappa shape index (κ2) is 3.93. The highest BCUT2D eigenvalue weighted by molar-refractivity contribution is 5.66. The molecule has 2 rings (SSSR count). The Balaban J connectivity index is 2.56. The topological polar surface area (TPSA) is 51.2 Å². The second-order valence-electron chi connectivity index (χ2n) is 4.87. The lowest BCUT2D eigenvalue weighted by atomic mass is 9.94. The van der Waals surface area contributed by atoms with E-state index in [1.54, 1.807) is 13.8 Å². The Labute approximate surface area is 102 Å². The van der Waals surface area contributed by atoms with Crippen molar-refractivity contribution >= 4 is 5.69 Å². The zero-order chi connectivity index (χ0) is 12.6. The van der Waals surface area contributed by atoms with Crippen LogP contribution in [0.15, 0.2) is 36.5 Å². The number of rotatable bonds is 2. The fourth-order valence-corrected chi connectivity index (χ4v) is 2.01. The van der Waals surface area contributed by atoms with Gasteiger partial charge in [0.05, 0.1) is 5.60 Å². The molecule has 0 aliphatic heterocycles. The van der Waals surface area contributed by atoms with Crippen molar-refractivity contribution in [3.05, 3.63) is 42.1 Å². The molecule has 0 aliphatic rings. The van der Waals surface area contributed by atoms with Crippen LogP contribution in [0.2, 0.25) is 0 Å². The van der Waals surface area contributed by atoms with Crippen LogP contribution >= 0.6 is 0 Å². The summed E-state index contributed by atoms with van der Waals surface area (Å²) >= 11 is 0. The van der Waals surface area contributed by atoms with E-state index in [0.717, 1.165) is 16.8 Å². The molecule has 2 aromatic rings. The van der Waals surface area contributed by atoms with Crippen LogP contribution in [0.4, 0.5) is 5.69 Å². The van der Waals surface area contributed by atoms with Crippen LogP contribution in [-0.2, 0) is 12.6 Å². The van der Waals surface area contributed by atoms with Crippen molar-refractivity contribution in [1.82, 2.24) is 4.57 Å². The van der Waals surface area contributed by atoms with Crippen LogP contribution < -0.4 is 5.73 Å². The first-order valence-corrected chi connectivity index (χ1v) is 5.63. The minimum atomic E-state index is -0.925. The molecule has 0 radical (unpaired) electrons. The third-order valence-corrected chi connectivity index (χ3v) is 2.95. The van der Waals surface area contributed by atoms with Crippen molar-refractivity contribution < 1.29 is 5.11 Å². The Bertz CT molecular complexity index is 535. The average Bonchev–Trinajstić information content (AvgIpc) is 2.63. The number of nitrogens with zero attached hydrogens (tertiary/aromatic N) is 1. The number of hydrogen-bond donors (Lipinski definition) is 2. The van der Waals surface area contributed by atoms with E-state index < -0.39 is 5.60 Å². The van der Waals surface area contributed by atoms with Gasteiger partial charge in [-0.3, -0.25) is 0 Å². The van der Waals surface area contributed by atoms with Gasteiger partial charge < -0.3 is 15.4 Å². The molecule has 0 unspecified atom stereocenters. The Hall–Kier alpha value is -1.74. The fraction of sp³-hybridized carbons (Fsp3) is 0.286. The third-order valence-electron chi connectivity index (χ3n) is 2.95. The number of nitrogens with two attached hydrogens (primary N) is 1. The minimum absolute atomic E-state index is 0.621. The van der Waals surface area contributed by atoms with E-state index in [1.807, 2.05) is 48.1 Å². The van der Waals surface area contributed by atoms with Gasteiger partial charge >= 0.3 is 0 Å². The molecule has 17 heavy (non-hydrogen) atoms. The molecule has 0 saturated carbocycles. The monoisotopic (exact) mass is 230 g/mol. The number of hydrogen-bond acceptors (Lipinski definition) is 2. The summed E-state index contributed by atoms with van der Waals surface area (Å²) in [7, 11) is 2.00. The van der Waals surface area contributed by atoms with E-state index >= 15 is 0 Å². The van der Waals surface area contributed by atoms with Crippen molar-refractivity contribution in [1.29, 1.82) is 0 Å². The van der Waals surface area contributed by atoms with Crippen molar-refractivity contribution in [2.45, 2.75) is 19.4 Å². The number of aliphatic hydroxyl groups is 1. The van der Waals surface area contributed by atoms with Crippen LogP contribution in [0, 0.1) is 0 Å². The maximum atomic E-state index is 10.1. The first-order valence-electron chi connectivity index (χ1n) is 5.63. The first kappa shape index (κ1) is 11.7. The van der Waals surface area contributed by atoms with Crippen molar-refractivity contribution in [2.24, 2.45) is 7.05 Å². The highest BCUT2D eigenvalue weighted by Crippen LogP contribution is 2.30. The normalized spacial score (nSPS) is 11.8. The molecule has 0 fully saturated rings. The van der Waals surface area contributed by atoms with E-state index in [4.69, 9.17) is 5.73 Å². The molecule has 3 N–H and O–H groups in total. The second-order valence-corrected chi connectivity index (χ2v) is 4.87. The summed E-state index contributed by atoms with van der Waals surface area (Å²) < 4.78 is 2.04. The lowest BCUT2D eigenvalue weighted by Gasteiger charge is -2.21. The maximum Gasteiger partial charge on any atom is 0.0860 e. The summed E-state index contributed by atoms with van der Waals surface area (Å²) in [6.07, 6.45) is 2.00. The summed E-state index contributed by atoms with van der Waals surface area (Å²) in [5, 5.41) is 10.1. The highest BCUT2D eigenvalue weighted by atomic mass is 16.3. The predicted molar refractivity (Wildman–Crippen MR) is 70.5 cm³/mol. The van der Waals surface area contributed by atoms with E-state index in [9.17, 15) is 5.11 Å². The molecule has 0 spiro atoms. The van der Waals surface area contributed by atoms with Crippen molar-refractivity contribution in [3.63, 3.8) is 0 Å².